The average Bonchev–Trinajstić information content (AvgIpc) is 2.43. The van der Waals surface area contributed by atoms with Gasteiger partial charge in [0, 0.05) is 11.8 Å². The largest absolute Gasteiger partial charge is 0.299 e. The summed E-state index contributed by atoms with van der Waals surface area (Å²) in [5.74, 6) is 0.380. The second-order valence-electron chi connectivity index (χ2n) is 6.39. The monoisotopic (exact) mass is 285 g/mol. The summed E-state index contributed by atoms with van der Waals surface area (Å²) < 4.78 is 0. The Balaban J connectivity index is 2.23. The smallest absolute Gasteiger partial charge is 0.150 e. The standard InChI is InChI=1S/C19H27NO/c1-4-5-7-13-17(21)18(20(2)3)19(14-10-15-19)16-11-8-6-9-12-16/h4,6,8-9,11-12,18H,1,5,7,10,13-15H2,2-3H3. The normalized spacial score (nSPS) is 18.0. The van der Waals surface area contributed by atoms with Gasteiger partial charge in [-0.1, -0.05) is 42.8 Å². The van der Waals surface area contributed by atoms with Gasteiger partial charge in [0.25, 0.3) is 0 Å². The second-order valence-corrected chi connectivity index (χ2v) is 6.39. The Morgan fingerprint density at radius 1 is 1.33 bits per heavy atom. The molecule has 0 bridgehead atoms. The van der Waals surface area contributed by atoms with E-state index in [0.717, 1.165) is 25.7 Å². The van der Waals surface area contributed by atoms with Crippen LogP contribution in [0, 0.1) is 0 Å². The van der Waals surface area contributed by atoms with Gasteiger partial charge in [-0.25, -0.2) is 0 Å². The van der Waals surface area contributed by atoms with Gasteiger partial charge in [0.05, 0.1) is 6.04 Å². The van der Waals surface area contributed by atoms with Crippen molar-refractivity contribution < 1.29 is 4.79 Å². The molecular weight excluding hydrogens is 258 g/mol. The number of hydrogen-bond acceptors (Lipinski definition) is 2. The molecule has 0 saturated heterocycles. The van der Waals surface area contributed by atoms with Crippen LogP contribution in [0.15, 0.2) is 43.0 Å². The van der Waals surface area contributed by atoms with E-state index < -0.39 is 0 Å². The molecule has 2 heteroatoms. The molecule has 0 aromatic heterocycles. The fraction of sp³-hybridized carbons (Fsp3) is 0.526. The lowest BCUT2D eigenvalue weighted by Gasteiger charge is -2.50. The number of allylic oxidation sites excluding steroid dienone is 1. The van der Waals surface area contributed by atoms with Crippen LogP contribution in [0.2, 0.25) is 0 Å². The number of hydrogen-bond donors (Lipinski definition) is 0. The number of carbonyl (C=O) groups is 1. The maximum absolute atomic E-state index is 12.8. The van der Waals surface area contributed by atoms with Gasteiger partial charge in [0.1, 0.15) is 0 Å². The Kier molecular flexibility index (Phi) is 5.35. The summed E-state index contributed by atoms with van der Waals surface area (Å²) in [6.07, 6.45) is 7.85. The van der Waals surface area contributed by atoms with Crippen LogP contribution in [0.5, 0.6) is 0 Å². The minimum atomic E-state index is -0.00142. The average molecular weight is 285 g/mol. The summed E-state index contributed by atoms with van der Waals surface area (Å²) in [7, 11) is 4.08. The van der Waals surface area contributed by atoms with E-state index in [2.05, 4.69) is 35.7 Å². The lowest BCUT2D eigenvalue weighted by molar-refractivity contribution is -0.127. The summed E-state index contributed by atoms with van der Waals surface area (Å²) in [6, 6.07) is 10.6. The predicted molar refractivity (Wildman–Crippen MR) is 88.5 cm³/mol. The molecule has 1 aliphatic rings. The number of benzene rings is 1. The molecule has 1 fully saturated rings. The van der Waals surface area contributed by atoms with Gasteiger partial charge in [-0.05, 0) is 45.3 Å². The fourth-order valence-electron chi connectivity index (χ4n) is 3.70. The molecule has 2 rings (SSSR count). The molecule has 2 nitrogen and oxygen atoms in total. The lowest BCUT2D eigenvalue weighted by atomic mass is 9.58. The van der Waals surface area contributed by atoms with Crippen LogP contribution in [0.1, 0.15) is 44.1 Å². The third kappa shape index (κ3) is 3.26. The Morgan fingerprint density at radius 2 is 2.00 bits per heavy atom. The number of likely N-dealkylation sites (N-methyl/N-ethyl adjacent to an activating group) is 1. The number of carbonyl (C=O) groups excluding carboxylic acids is 1. The van der Waals surface area contributed by atoms with Crippen molar-refractivity contribution in [2.24, 2.45) is 0 Å². The van der Waals surface area contributed by atoms with Crippen LogP contribution >= 0.6 is 0 Å². The quantitative estimate of drug-likeness (QED) is 0.532. The summed E-state index contributed by atoms with van der Waals surface area (Å²) >= 11 is 0. The van der Waals surface area contributed by atoms with Gasteiger partial charge in [-0.3, -0.25) is 9.69 Å². The molecule has 0 aliphatic heterocycles. The van der Waals surface area contributed by atoms with Crippen molar-refractivity contribution in [3.05, 3.63) is 48.6 Å². The van der Waals surface area contributed by atoms with Gasteiger partial charge in [0.2, 0.25) is 0 Å². The minimum Gasteiger partial charge on any atom is -0.299 e. The Morgan fingerprint density at radius 3 is 2.48 bits per heavy atom. The fourth-order valence-corrected chi connectivity index (χ4v) is 3.70. The van der Waals surface area contributed by atoms with Crippen molar-refractivity contribution in [2.75, 3.05) is 14.1 Å². The van der Waals surface area contributed by atoms with E-state index in [0.29, 0.717) is 12.2 Å². The van der Waals surface area contributed by atoms with Crippen molar-refractivity contribution >= 4 is 5.78 Å². The van der Waals surface area contributed by atoms with Crippen LogP contribution < -0.4 is 0 Å². The van der Waals surface area contributed by atoms with Gasteiger partial charge in [-0.15, -0.1) is 6.58 Å². The predicted octanol–water partition coefficient (Wildman–Crippen LogP) is 3.96. The molecule has 21 heavy (non-hydrogen) atoms. The molecule has 1 aromatic rings. The molecular formula is C19H27NO. The number of unbranched alkanes of at least 4 members (excludes halogenated alkanes) is 1. The molecule has 1 atom stereocenters. The van der Waals surface area contributed by atoms with E-state index in [1.165, 1.54) is 12.0 Å². The van der Waals surface area contributed by atoms with Crippen molar-refractivity contribution in [1.29, 1.82) is 0 Å². The van der Waals surface area contributed by atoms with E-state index in [4.69, 9.17) is 0 Å². The zero-order valence-electron chi connectivity index (χ0n) is 13.3. The van der Waals surface area contributed by atoms with E-state index in [1.807, 2.05) is 26.2 Å². The number of nitrogens with zero attached hydrogens (tertiary/aromatic N) is 1. The zero-order chi connectivity index (χ0) is 15.3. The highest BCUT2D eigenvalue weighted by molar-refractivity contribution is 5.86. The van der Waals surface area contributed by atoms with Crippen molar-refractivity contribution in [1.82, 2.24) is 4.90 Å². The number of ketones is 1. The third-order valence-electron chi connectivity index (χ3n) is 4.77. The van der Waals surface area contributed by atoms with Crippen molar-refractivity contribution in [3.63, 3.8) is 0 Å². The van der Waals surface area contributed by atoms with Gasteiger partial charge in [0.15, 0.2) is 5.78 Å². The van der Waals surface area contributed by atoms with Crippen LogP contribution in [-0.4, -0.2) is 30.8 Å². The van der Waals surface area contributed by atoms with Crippen molar-refractivity contribution in [2.45, 2.75) is 50.0 Å². The Labute approximate surface area is 128 Å². The van der Waals surface area contributed by atoms with Crippen LogP contribution in [0.4, 0.5) is 0 Å². The van der Waals surface area contributed by atoms with E-state index in [1.54, 1.807) is 0 Å². The Bertz CT molecular complexity index is 474. The highest BCUT2D eigenvalue weighted by atomic mass is 16.1. The second kappa shape index (κ2) is 7.04. The van der Waals surface area contributed by atoms with Crippen LogP contribution in [0.25, 0.3) is 0 Å². The summed E-state index contributed by atoms with van der Waals surface area (Å²) in [5, 5.41) is 0. The first kappa shape index (κ1) is 16.0. The first-order valence-electron chi connectivity index (χ1n) is 7.97. The topological polar surface area (TPSA) is 20.3 Å². The summed E-state index contributed by atoms with van der Waals surface area (Å²) in [6.45, 7) is 3.74. The third-order valence-corrected chi connectivity index (χ3v) is 4.77. The molecule has 0 N–H and O–H groups in total. The van der Waals surface area contributed by atoms with Crippen LogP contribution in [0.3, 0.4) is 0 Å². The summed E-state index contributed by atoms with van der Waals surface area (Å²) in [4.78, 5) is 14.9. The highest BCUT2D eigenvalue weighted by Gasteiger charge is 2.49. The van der Waals surface area contributed by atoms with Crippen LogP contribution in [-0.2, 0) is 10.2 Å². The molecule has 0 spiro atoms. The SMILES string of the molecule is C=CCCCC(=O)C(N(C)C)C1(c2ccccc2)CCC1. The molecule has 1 unspecified atom stereocenters. The lowest BCUT2D eigenvalue weighted by Crippen LogP contribution is -2.56. The van der Waals surface area contributed by atoms with Gasteiger partial charge < -0.3 is 0 Å². The molecule has 0 amide bonds. The maximum atomic E-state index is 12.8. The molecule has 0 heterocycles. The molecule has 1 aliphatic carbocycles. The Hall–Kier alpha value is -1.41. The van der Waals surface area contributed by atoms with E-state index >= 15 is 0 Å². The zero-order valence-corrected chi connectivity index (χ0v) is 13.3. The number of Topliss-reactive ketones (excluding diaryl/α,β-unsaturated/α-hetero) is 1. The van der Waals surface area contributed by atoms with E-state index in [-0.39, 0.29) is 11.5 Å². The first-order valence-corrected chi connectivity index (χ1v) is 7.97. The molecule has 0 radical (unpaired) electrons. The van der Waals surface area contributed by atoms with Gasteiger partial charge in [-0.2, -0.15) is 0 Å². The van der Waals surface area contributed by atoms with Gasteiger partial charge >= 0.3 is 0 Å². The molecule has 114 valence electrons. The first-order chi connectivity index (χ1) is 10.1. The molecule has 1 saturated carbocycles. The molecule has 1 aromatic carbocycles. The van der Waals surface area contributed by atoms with E-state index in [9.17, 15) is 4.79 Å². The summed E-state index contributed by atoms with van der Waals surface area (Å²) in [5.41, 5.74) is 1.35. The minimum absolute atomic E-state index is 0.00142. The maximum Gasteiger partial charge on any atom is 0.150 e. The van der Waals surface area contributed by atoms with Crippen molar-refractivity contribution in [3.8, 4) is 0 Å². The highest BCUT2D eigenvalue weighted by Crippen LogP contribution is 2.48. The number of rotatable bonds is 8.